The summed E-state index contributed by atoms with van der Waals surface area (Å²) >= 11 is 1.69. The van der Waals surface area contributed by atoms with Crippen LogP contribution in [0.1, 0.15) is 24.0 Å². The van der Waals surface area contributed by atoms with Gasteiger partial charge in [-0.05, 0) is 31.2 Å². The molecule has 5 heteroatoms. The van der Waals surface area contributed by atoms with Crippen LogP contribution in [-0.4, -0.2) is 30.5 Å². The van der Waals surface area contributed by atoms with Gasteiger partial charge < -0.3 is 10.2 Å². The van der Waals surface area contributed by atoms with E-state index in [0.29, 0.717) is 12.3 Å². The fourth-order valence-corrected chi connectivity index (χ4v) is 3.79. The van der Waals surface area contributed by atoms with Gasteiger partial charge in [-0.2, -0.15) is 0 Å². The van der Waals surface area contributed by atoms with Crippen molar-refractivity contribution >= 4 is 22.4 Å². The van der Waals surface area contributed by atoms with E-state index in [1.54, 1.807) is 11.3 Å². The highest BCUT2D eigenvalue weighted by molar-refractivity contribution is 7.13. The van der Waals surface area contributed by atoms with E-state index >= 15 is 0 Å². The molecule has 1 aliphatic rings. The molecule has 2 aromatic rings. The van der Waals surface area contributed by atoms with E-state index in [9.17, 15) is 4.79 Å². The number of anilines is 1. The van der Waals surface area contributed by atoms with E-state index in [1.165, 1.54) is 12.0 Å². The summed E-state index contributed by atoms with van der Waals surface area (Å²) in [6.07, 6.45) is 4.66. The van der Waals surface area contributed by atoms with E-state index in [4.69, 9.17) is 0 Å². The van der Waals surface area contributed by atoms with E-state index in [2.05, 4.69) is 34.3 Å². The molecule has 0 saturated carbocycles. The molecule has 4 nitrogen and oxygen atoms in total. The minimum absolute atomic E-state index is 0.113. The van der Waals surface area contributed by atoms with Crippen LogP contribution in [0.3, 0.4) is 0 Å². The number of amides is 1. The zero-order valence-corrected chi connectivity index (χ0v) is 14.3. The van der Waals surface area contributed by atoms with Crippen LogP contribution in [-0.2, 0) is 11.2 Å². The smallest absolute Gasteiger partial charge is 0.224 e. The van der Waals surface area contributed by atoms with Gasteiger partial charge in [-0.3, -0.25) is 4.79 Å². The van der Waals surface area contributed by atoms with Gasteiger partial charge in [0.15, 0.2) is 5.13 Å². The van der Waals surface area contributed by atoms with Crippen LogP contribution in [0.15, 0.2) is 35.8 Å². The van der Waals surface area contributed by atoms with Crippen LogP contribution in [0.25, 0.3) is 0 Å². The molecular weight excluding hydrogens is 306 g/mol. The SMILES string of the molecule is Cc1cccc(CC(=O)NC[C@H]2CCCN(c3nccs3)C2)c1. The lowest BCUT2D eigenvalue weighted by molar-refractivity contribution is -0.120. The molecule has 3 rings (SSSR count). The molecule has 0 bridgehead atoms. The highest BCUT2D eigenvalue weighted by Crippen LogP contribution is 2.24. The topological polar surface area (TPSA) is 45.2 Å². The minimum atomic E-state index is 0.113. The third-order valence-corrected chi connectivity index (χ3v) is 5.08. The maximum Gasteiger partial charge on any atom is 0.224 e. The molecule has 1 saturated heterocycles. The summed E-state index contributed by atoms with van der Waals surface area (Å²) in [5.41, 5.74) is 2.28. The van der Waals surface area contributed by atoms with Crippen molar-refractivity contribution in [1.82, 2.24) is 10.3 Å². The molecule has 1 fully saturated rings. The minimum Gasteiger partial charge on any atom is -0.355 e. The standard InChI is InChI=1S/C18H23N3OS/c1-14-4-2-5-15(10-14)11-17(22)20-12-16-6-3-8-21(13-16)18-19-7-9-23-18/h2,4-5,7,9-10,16H,3,6,8,11-13H2,1H3,(H,20,22)/t16-/m1/s1. The second kappa shape index (κ2) is 7.59. The summed E-state index contributed by atoms with van der Waals surface area (Å²) in [7, 11) is 0. The maximum absolute atomic E-state index is 12.1. The van der Waals surface area contributed by atoms with Crippen molar-refractivity contribution in [2.75, 3.05) is 24.5 Å². The van der Waals surface area contributed by atoms with Gasteiger partial charge in [-0.15, -0.1) is 11.3 Å². The van der Waals surface area contributed by atoms with Crippen LogP contribution in [0, 0.1) is 12.8 Å². The summed E-state index contributed by atoms with van der Waals surface area (Å²) in [5, 5.41) is 6.22. The number of thiazole rings is 1. The monoisotopic (exact) mass is 329 g/mol. The van der Waals surface area contributed by atoms with Gasteiger partial charge in [0, 0.05) is 31.2 Å². The van der Waals surface area contributed by atoms with Crippen molar-refractivity contribution in [2.24, 2.45) is 5.92 Å². The maximum atomic E-state index is 12.1. The Bertz CT molecular complexity index is 641. The van der Waals surface area contributed by atoms with Gasteiger partial charge in [0.2, 0.25) is 5.91 Å². The van der Waals surface area contributed by atoms with E-state index in [1.807, 2.05) is 23.7 Å². The number of carbonyl (C=O) groups is 1. The van der Waals surface area contributed by atoms with Crippen molar-refractivity contribution in [3.05, 3.63) is 47.0 Å². The molecule has 0 radical (unpaired) electrons. The van der Waals surface area contributed by atoms with Crippen LogP contribution in [0.4, 0.5) is 5.13 Å². The lowest BCUT2D eigenvalue weighted by atomic mass is 9.98. The Balaban J connectivity index is 1.47. The molecule has 1 aliphatic heterocycles. The highest BCUT2D eigenvalue weighted by Gasteiger charge is 2.21. The number of carbonyl (C=O) groups excluding carboxylic acids is 1. The van der Waals surface area contributed by atoms with Gasteiger partial charge in [0.1, 0.15) is 0 Å². The normalized spacial score (nSPS) is 18.0. The second-order valence-electron chi connectivity index (χ2n) is 6.24. The van der Waals surface area contributed by atoms with Gasteiger partial charge in [0.05, 0.1) is 6.42 Å². The number of aromatic nitrogens is 1. The first kappa shape index (κ1) is 16.0. The van der Waals surface area contributed by atoms with Gasteiger partial charge in [0.25, 0.3) is 0 Å². The molecule has 2 heterocycles. The Morgan fingerprint density at radius 1 is 1.48 bits per heavy atom. The number of hydrogen-bond donors (Lipinski definition) is 1. The van der Waals surface area contributed by atoms with E-state index in [0.717, 1.165) is 36.8 Å². The summed E-state index contributed by atoms with van der Waals surface area (Å²) < 4.78 is 0. The Morgan fingerprint density at radius 2 is 2.39 bits per heavy atom. The zero-order valence-electron chi connectivity index (χ0n) is 13.5. The average Bonchev–Trinajstić information content (AvgIpc) is 3.08. The summed E-state index contributed by atoms with van der Waals surface area (Å²) in [6, 6.07) is 8.14. The number of benzene rings is 1. The second-order valence-corrected chi connectivity index (χ2v) is 7.11. The Hall–Kier alpha value is -1.88. The molecule has 1 N–H and O–H groups in total. The largest absolute Gasteiger partial charge is 0.355 e. The molecule has 0 unspecified atom stereocenters. The number of hydrogen-bond acceptors (Lipinski definition) is 4. The van der Waals surface area contributed by atoms with Crippen molar-refractivity contribution in [3.8, 4) is 0 Å². The predicted octanol–water partition coefficient (Wildman–Crippen LogP) is 3.03. The van der Waals surface area contributed by atoms with E-state index in [-0.39, 0.29) is 5.91 Å². The first-order valence-electron chi connectivity index (χ1n) is 8.17. The van der Waals surface area contributed by atoms with Gasteiger partial charge in [-0.1, -0.05) is 29.8 Å². The summed E-state index contributed by atoms with van der Waals surface area (Å²) in [5.74, 6) is 0.621. The van der Waals surface area contributed by atoms with Crippen molar-refractivity contribution in [2.45, 2.75) is 26.2 Å². The number of nitrogens with zero attached hydrogens (tertiary/aromatic N) is 2. The molecule has 1 atom stereocenters. The Kier molecular flexibility index (Phi) is 5.28. The fourth-order valence-electron chi connectivity index (χ4n) is 3.11. The highest BCUT2D eigenvalue weighted by atomic mass is 32.1. The molecule has 1 aromatic heterocycles. The third kappa shape index (κ3) is 4.55. The molecule has 23 heavy (non-hydrogen) atoms. The van der Waals surface area contributed by atoms with Crippen LogP contribution < -0.4 is 10.2 Å². The molecular formula is C18H23N3OS. The summed E-state index contributed by atoms with van der Waals surface area (Å²) in [6.45, 7) is 4.86. The van der Waals surface area contributed by atoms with Crippen LogP contribution in [0.2, 0.25) is 0 Å². The third-order valence-electron chi connectivity index (χ3n) is 4.24. The van der Waals surface area contributed by atoms with Crippen molar-refractivity contribution in [1.29, 1.82) is 0 Å². The van der Waals surface area contributed by atoms with Crippen molar-refractivity contribution in [3.63, 3.8) is 0 Å². The molecule has 1 aromatic carbocycles. The van der Waals surface area contributed by atoms with Crippen molar-refractivity contribution < 1.29 is 4.79 Å². The first-order valence-corrected chi connectivity index (χ1v) is 9.05. The fraction of sp³-hybridized carbons (Fsp3) is 0.444. The average molecular weight is 329 g/mol. The zero-order chi connectivity index (χ0) is 16.1. The summed E-state index contributed by atoms with van der Waals surface area (Å²) in [4.78, 5) is 18.9. The number of rotatable bonds is 5. The van der Waals surface area contributed by atoms with Crippen LogP contribution in [0.5, 0.6) is 0 Å². The van der Waals surface area contributed by atoms with Gasteiger partial charge >= 0.3 is 0 Å². The Labute approximate surface area is 141 Å². The molecule has 0 aliphatic carbocycles. The predicted molar refractivity (Wildman–Crippen MR) is 94.9 cm³/mol. The first-order chi connectivity index (χ1) is 11.2. The Morgan fingerprint density at radius 3 is 3.17 bits per heavy atom. The van der Waals surface area contributed by atoms with Gasteiger partial charge in [-0.25, -0.2) is 4.98 Å². The number of nitrogens with one attached hydrogen (secondary N) is 1. The lowest BCUT2D eigenvalue weighted by Gasteiger charge is -2.32. The molecule has 1 amide bonds. The number of piperidine rings is 1. The molecule has 122 valence electrons. The quantitative estimate of drug-likeness (QED) is 0.917. The molecule has 0 spiro atoms. The van der Waals surface area contributed by atoms with E-state index < -0.39 is 0 Å². The van der Waals surface area contributed by atoms with Crippen LogP contribution >= 0.6 is 11.3 Å². The number of aryl methyl sites for hydroxylation is 1. The lowest BCUT2D eigenvalue weighted by Crippen LogP contribution is -2.41.